The Morgan fingerprint density at radius 2 is 2.00 bits per heavy atom. The minimum atomic E-state index is -4.29. The minimum absolute atomic E-state index is 0.0188. The van der Waals surface area contributed by atoms with Gasteiger partial charge in [-0.25, -0.2) is 4.39 Å². The number of alkyl halides is 3. The molecule has 6 heteroatoms. The number of carbonyl (C=O) groups excluding carboxylic acids is 1. The van der Waals surface area contributed by atoms with Crippen molar-refractivity contribution in [3.05, 3.63) is 29.6 Å². The first kappa shape index (κ1) is 15.8. The van der Waals surface area contributed by atoms with Crippen molar-refractivity contribution in [1.82, 2.24) is 0 Å². The van der Waals surface area contributed by atoms with Gasteiger partial charge in [-0.05, 0) is 37.5 Å². The van der Waals surface area contributed by atoms with Crippen LogP contribution in [0.5, 0.6) is 5.75 Å². The van der Waals surface area contributed by atoms with E-state index in [2.05, 4.69) is 0 Å². The zero-order valence-electron chi connectivity index (χ0n) is 11.5. The molecule has 0 amide bonds. The van der Waals surface area contributed by atoms with Gasteiger partial charge in [0.2, 0.25) is 0 Å². The summed E-state index contributed by atoms with van der Waals surface area (Å²) in [5.41, 5.74) is 0.0188. The second-order valence-corrected chi connectivity index (χ2v) is 5.31. The summed E-state index contributed by atoms with van der Waals surface area (Å²) in [4.78, 5) is 12.4. The Hall–Kier alpha value is -1.59. The summed E-state index contributed by atoms with van der Waals surface area (Å²) in [6, 6.07) is 3.49. The molecule has 1 aromatic rings. The number of hydrogen-bond acceptors (Lipinski definition) is 2. The molecule has 0 spiro atoms. The molecule has 2 rings (SSSR count). The maximum absolute atomic E-state index is 13.3. The van der Waals surface area contributed by atoms with E-state index in [1.54, 1.807) is 0 Å². The van der Waals surface area contributed by atoms with Crippen molar-refractivity contribution in [2.24, 2.45) is 11.8 Å². The largest absolute Gasteiger partial charge is 0.496 e. The van der Waals surface area contributed by atoms with E-state index in [1.807, 2.05) is 0 Å². The second kappa shape index (κ2) is 6.03. The molecule has 0 radical (unpaired) electrons. The van der Waals surface area contributed by atoms with Gasteiger partial charge in [0.05, 0.1) is 18.6 Å². The van der Waals surface area contributed by atoms with Crippen molar-refractivity contribution < 1.29 is 27.1 Å². The molecule has 0 heterocycles. The van der Waals surface area contributed by atoms with Crippen molar-refractivity contribution in [2.75, 3.05) is 7.11 Å². The molecule has 1 aromatic carbocycles. The number of carbonyl (C=O) groups is 1. The van der Waals surface area contributed by atoms with Crippen molar-refractivity contribution in [3.63, 3.8) is 0 Å². The topological polar surface area (TPSA) is 26.3 Å². The predicted molar refractivity (Wildman–Crippen MR) is 68.8 cm³/mol. The molecule has 0 saturated heterocycles. The van der Waals surface area contributed by atoms with E-state index in [4.69, 9.17) is 4.74 Å². The standard InChI is InChI=1S/C15H16F4O2/c1-21-13-6-5-11(16)8-12(13)14(20)9-3-2-4-10(7-9)15(17,18)19/h5-6,8-10H,2-4,7H2,1H3. The van der Waals surface area contributed by atoms with E-state index in [1.165, 1.54) is 13.2 Å². The van der Waals surface area contributed by atoms with E-state index in [9.17, 15) is 22.4 Å². The molecule has 2 unspecified atom stereocenters. The number of methoxy groups -OCH3 is 1. The van der Waals surface area contributed by atoms with Crippen LogP contribution in [0.4, 0.5) is 17.6 Å². The number of ether oxygens (including phenoxy) is 1. The summed E-state index contributed by atoms with van der Waals surface area (Å²) in [7, 11) is 1.34. The molecular formula is C15H16F4O2. The van der Waals surface area contributed by atoms with E-state index in [0.29, 0.717) is 12.8 Å². The highest BCUT2D eigenvalue weighted by atomic mass is 19.4. The highest BCUT2D eigenvalue weighted by molar-refractivity contribution is 6.00. The highest BCUT2D eigenvalue weighted by Gasteiger charge is 2.43. The van der Waals surface area contributed by atoms with Crippen LogP contribution in [0.1, 0.15) is 36.0 Å². The van der Waals surface area contributed by atoms with Crippen LogP contribution in [0.3, 0.4) is 0 Å². The van der Waals surface area contributed by atoms with E-state index in [-0.39, 0.29) is 24.2 Å². The zero-order chi connectivity index (χ0) is 15.6. The van der Waals surface area contributed by atoms with Crippen LogP contribution in [0.25, 0.3) is 0 Å². The van der Waals surface area contributed by atoms with Crippen molar-refractivity contribution in [2.45, 2.75) is 31.9 Å². The molecule has 21 heavy (non-hydrogen) atoms. The second-order valence-electron chi connectivity index (χ2n) is 5.31. The lowest BCUT2D eigenvalue weighted by molar-refractivity contribution is -0.184. The lowest BCUT2D eigenvalue weighted by Gasteiger charge is -2.29. The van der Waals surface area contributed by atoms with Gasteiger partial charge in [0.1, 0.15) is 11.6 Å². The quantitative estimate of drug-likeness (QED) is 0.611. The maximum Gasteiger partial charge on any atom is 0.391 e. The summed E-state index contributed by atoms with van der Waals surface area (Å²) >= 11 is 0. The molecule has 116 valence electrons. The Morgan fingerprint density at radius 1 is 1.29 bits per heavy atom. The number of benzene rings is 1. The van der Waals surface area contributed by atoms with E-state index >= 15 is 0 Å². The third-order valence-electron chi connectivity index (χ3n) is 3.93. The van der Waals surface area contributed by atoms with Crippen molar-refractivity contribution in [3.8, 4) is 5.75 Å². The van der Waals surface area contributed by atoms with Crippen LogP contribution in [0, 0.1) is 17.7 Å². The van der Waals surface area contributed by atoms with E-state index < -0.39 is 29.6 Å². The van der Waals surface area contributed by atoms with Gasteiger partial charge in [-0.3, -0.25) is 4.79 Å². The Labute approximate surface area is 120 Å². The van der Waals surface area contributed by atoms with Crippen LogP contribution >= 0.6 is 0 Å². The van der Waals surface area contributed by atoms with Crippen molar-refractivity contribution in [1.29, 1.82) is 0 Å². The first-order valence-corrected chi connectivity index (χ1v) is 6.77. The molecule has 1 saturated carbocycles. The minimum Gasteiger partial charge on any atom is -0.496 e. The SMILES string of the molecule is COc1ccc(F)cc1C(=O)C1CCCC(C(F)(F)F)C1. The van der Waals surface area contributed by atoms with Crippen LogP contribution in [-0.2, 0) is 0 Å². The Kier molecular flexibility index (Phi) is 4.54. The third-order valence-corrected chi connectivity index (χ3v) is 3.93. The average Bonchev–Trinajstić information content (AvgIpc) is 2.45. The van der Waals surface area contributed by atoms with Gasteiger partial charge in [-0.2, -0.15) is 13.2 Å². The molecular weight excluding hydrogens is 288 g/mol. The lowest BCUT2D eigenvalue weighted by Crippen LogP contribution is -2.32. The van der Waals surface area contributed by atoms with E-state index in [0.717, 1.165) is 12.1 Å². The molecule has 1 aliphatic carbocycles. The van der Waals surface area contributed by atoms with Gasteiger partial charge in [0.25, 0.3) is 0 Å². The van der Waals surface area contributed by atoms with Gasteiger partial charge in [0, 0.05) is 5.92 Å². The van der Waals surface area contributed by atoms with Gasteiger partial charge in [0.15, 0.2) is 5.78 Å². The normalized spacial score (nSPS) is 22.9. The van der Waals surface area contributed by atoms with Gasteiger partial charge >= 0.3 is 6.18 Å². The maximum atomic E-state index is 13.3. The summed E-state index contributed by atoms with van der Waals surface area (Å²) in [5, 5.41) is 0. The molecule has 2 atom stereocenters. The third kappa shape index (κ3) is 3.54. The molecule has 0 aromatic heterocycles. The fourth-order valence-corrected chi connectivity index (χ4v) is 2.82. The molecule has 0 N–H and O–H groups in total. The smallest absolute Gasteiger partial charge is 0.391 e. The summed E-state index contributed by atoms with van der Waals surface area (Å²) in [6.45, 7) is 0. The Balaban J connectivity index is 2.22. The Bertz CT molecular complexity index is 525. The fourth-order valence-electron chi connectivity index (χ4n) is 2.82. The molecule has 2 nitrogen and oxygen atoms in total. The number of rotatable bonds is 3. The fraction of sp³-hybridized carbons (Fsp3) is 0.533. The predicted octanol–water partition coefficient (Wildman–Crippen LogP) is 4.39. The first-order chi connectivity index (χ1) is 9.82. The zero-order valence-corrected chi connectivity index (χ0v) is 11.5. The molecule has 0 bridgehead atoms. The molecule has 1 fully saturated rings. The number of Topliss-reactive ketones (excluding diaryl/α,β-unsaturated/α-hetero) is 1. The number of halogens is 4. The van der Waals surface area contributed by atoms with Gasteiger partial charge < -0.3 is 4.74 Å². The van der Waals surface area contributed by atoms with Gasteiger partial charge in [-0.15, -0.1) is 0 Å². The summed E-state index contributed by atoms with van der Waals surface area (Å²) in [6.07, 6.45) is -3.73. The molecule has 0 aliphatic heterocycles. The highest BCUT2D eigenvalue weighted by Crippen LogP contribution is 2.41. The van der Waals surface area contributed by atoms with Gasteiger partial charge in [-0.1, -0.05) is 6.42 Å². The number of ketones is 1. The first-order valence-electron chi connectivity index (χ1n) is 6.77. The monoisotopic (exact) mass is 304 g/mol. The van der Waals surface area contributed by atoms with Crippen LogP contribution in [0.15, 0.2) is 18.2 Å². The Morgan fingerprint density at radius 3 is 2.62 bits per heavy atom. The average molecular weight is 304 g/mol. The summed E-state index contributed by atoms with van der Waals surface area (Å²) in [5.74, 6) is -3.08. The van der Waals surface area contributed by atoms with Crippen LogP contribution in [-0.4, -0.2) is 19.1 Å². The summed E-state index contributed by atoms with van der Waals surface area (Å²) < 4.78 is 56.7. The number of hydrogen-bond donors (Lipinski definition) is 0. The van der Waals surface area contributed by atoms with Crippen LogP contribution in [0.2, 0.25) is 0 Å². The molecule has 1 aliphatic rings. The van der Waals surface area contributed by atoms with Crippen LogP contribution < -0.4 is 4.74 Å². The van der Waals surface area contributed by atoms with Crippen molar-refractivity contribution >= 4 is 5.78 Å². The lowest BCUT2D eigenvalue weighted by atomic mass is 9.77.